The van der Waals surface area contributed by atoms with Crippen LogP contribution < -0.4 is 0 Å². The molecule has 0 bridgehead atoms. The molecule has 0 atom stereocenters. The van der Waals surface area contributed by atoms with E-state index in [0.717, 1.165) is 11.3 Å². The fourth-order valence-corrected chi connectivity index (χ4v) is 1.61. The molecule has 0 radical (unpaired) electrons. The summed E-state index contributed by atoms with van der Waals surface area (Å²) in [5, 5.41) is 17.5. The van der Waals surface area contributed by atoms with Crippen molar-refractivity contribution in [1.29, 1.82) is 0 Å². The van der Waals surface area contributed by atoms with Crippen LogP contribution in [0.4, 0.5) is 5.69 Å². The summed E-state index contributed by atoms with van der Waals surface area (Å²) in [6.45, 7) is 0.680. The molecule has 0 unspecified atom stereocenters. The van der Waals surface area contributed by atoms with Gasteiger partial charge in [0.25, 0.3) is 12.2 Å². The van der Waals surface area contributed by atoms with E-state index >= 15 is 0 Å². The Kier molecular flexibility index (Phi) is 3.87. The van der Waals surface area contributed by atoms with Gasteiger partial charge in [-0.1, -0.05) is 0 Å². The summed E-state index contributed by atoms with van der Waals surface area (Å²) >= 11 is 0. The maximum atomic E-state index is 10.5. The minimum atomic E-state index is -0.448. The van der Waals surface area contributed by atoms with Crippen LogP contribution in [0.5, 0.6) is 0 Å². The lowest BCUT2D eigenvalue weighted by molar-refractivity contribution is -0.384. The van der Waals surface area contributed by atoms with E-state index in [9.17, 15) is 14.9 Å². The Morgan fingerprint density at radius 2 is 2.11 bits per heavy atom. The summed E-state index contributed by atoms with van der Waals surface area (Å²) in [4.78, 5) is 20.1. The number of nitrogens with one attached hydrogen (secondary N) is 1. The quantitative estimate of drug-likeness (QED) is 0.369. The predicted octanol–water partition coefficient (Wildman–Crippen LogP) is 1.70. The largest absolute Gasteiger partial charge is 0.467 e. The summed E-state index contributed by atoms with van der Waals surface area (Å²) in [6, 6.07) is 7.95. The molecule has 98 valence electrons. The Balaban J connectivity index is 2.09. The summed E-state index contributed by atoms with van der Waals surface area (Å²) < 4.78 is 4.59. The number of H-pyrrole nitrogens is 1. The number of aromatic nitrogens is 2. The van der Waals surface area contributed by atoms with Gasteiger partial charge in [0.05, 0.1) is 17.2 Å². The summed E-state index contributed by atoms with van der Waals surface area (Å²) in [7, 11) is 0. The minimum absolute atomic E-state index is 0.0406. The summed E-state index contributed by atoms with van der Waals surface area (Å²) in [5.74, 6) is 0. The molecule has 19 heavy (non-hydrogen) atoms. The van der Waals surface area contributed by atoms with Gasteiger partial charge < -0.3 is 4.74 Å². The number of nitrogens with zero attached hydrogens (tertiary/aromatic N) is 2. The van der Waals surface area contributed by atoms with Crippen LogP contribution in [0.15, 0.2) is 30.3 Å². The fraction of sp³-hybridized carbons (Fsp3) is 0.167. The Morgan fingerprint density at radius 3 is 2.74 bits per heavy atom. The van der Waals surface area contributed by atoms with Gasteiger partial charge in [0.15, 0.2) is 0 Å². The van der Waals surface area contributed by atoms with Crippen LogP contribution in [-0.2, 0) is 16.0 Å². The molecule has 0 fully saturated rings. The SMILES string of the molecule is O=COCCc1cc(-c2ccc([N+](=O)[O-])cc2)n[nH]1. The van der Waals surface area contributed by atoms with E-state index in [1.54, 1.807) is 12.1 Å². The maximum Gasteiger partial charge on any atom is 0.293 e. The zero-order valence-corrected chi connectivity index (χ0v) is 9.91. The third-order valence-electron chi connectivity index (χ3n) is 2.56. The van der Waals surface area contributed by atoms with Crippen LogP contribution in [0.3, 0.4) is 0 Å². The third kappa shape index (κ3) is 3.15. The molecule has 0 saturated carbocycles. The van der Waals surface area contributed by atoms with Crippen molar-refractivity contribution in [2.24, 2.45) is 0 Å². The van der Waals surface area contributed by atoms with Crippen molar-refractivity contribution >= 4 is 12.2 Å². The second kappa shape index (κ2) is 5.76. The zero-order chi connectivity index (χ0) is 13.7. The molecule has 0 spiro atoms. The van der Waals surface area contributed by atoms with Gasteiger partial charge in [0, 0.05) is 29.8 Å². The monoisotopic (exact) mass is 261 g/mol. The van der Waals surface area contributed by atoms with Crippen molar-refractivity contribution in [2.75, 3.05) is 6.61 Å². The lowest BCUT2D eigenvalue weighted by atomic mass is 10.1. The lowest BCUT2D eigenvalue weighted by Gasteiger charge is -1.95. The molecule has 2 aromatic rings. The molecule has 0 amide bonds. The van der Waals surface area contributed by atoms with Crippen molar-refractivity contribution in [3.05, 3.63) is 46.1 Å². The van der Waals surface area contributed by atoms with Gasteiger partial charge in [-0.15, -0.1) is 0 Å². The second-order valence-corrected chi connectivity index (χ2v) is 3.80. The number of hydrogen-bond acceptors (Lipinski definition) is 5. The highest BCUT2D eigenvalue weighted by Gasteiger charge is 2.07. The van der Waals surface area contributed by atoms with E-state index in [1.165, 1.54) is 12.1 Å². The molecule has 1 N–H and O–H groups in total. The van der Waals surface area contributed by atoms with Crippen molar-refractivity contribution < 1.29 is 14.5 Å². The topological polar surface area (TPSA) is 98.1 Å². The number of non-ortho nitro benzene ring substituents is 1. The number of carbonyl (C=O) groups is 1. The van der Waals surface area contributed by atoms with E-state index in [1.807, 2.05) is 6.07 Å². The molecule has 1 aromatic carbocycles. The molecule has 7 heteroatoms. The highest BCUT2D eigenvalue weighted by atomic mass is 16.6. The van der Waals surface area contributed by atoms with E-state index in [4.69, 9.17) is 0 Å². The number of benzene rings is 1. The van der Waals surface area contributed by atoms with Crippen molar-refractivity contribution in [3.8, 4) is 11.3 Å². The van der Waals surface area contributed by atoms with Gasteiger partial charge in [0.1, 0.15) is 0 Å². The Morgan fingerprint density at radius 1 is 1.37 bits per heavy atom. The average molecular weight is 261 g/mol. The molecule has 1 aromatic heterocycles. The number of carbonyl (C=O) groups excluding carboxylic acids is 1. The molecule has 0 saturated heterocycles. The molecule has 2 rings (SSSR count). The Bertz CT molecular complexity index is 577. The van der Waals surface area contributed by atoms with Gasteiger partial charge >= 0.3 is 0 Å². The van der Waals surface area contributed by atoms with Crippen molar-refractivity contribution in [3.63, 3.8) is 0 Å². The van der Waals surface area contributed by atoms with Crippen LogP contribution in [0.2, 0.25) is 0 Å². The van der Waals surface area contributed by atoms with Gasteiger partial charge in [0.2, 0.25) is 0 Å². The molecule has 0 aliphatic heterocycles. The van der Waals surface area contributed by atoms with Gasteiger partial charge in [-0.2, -0.15) is 5.10 Å². The number of hydrogen-bond donors (Lipinski definition) is 1. The second-order valence-electron chi connectivity index (χ2n) is 3.80. The van der Waals surface area contributed by atoms with E-state index in [0.29, 0.717) is 18.6 Å². The van der Waals surface area contributed by atoms with E-state index in [-0.39, 0.29) is 12.3 Å². The van der Waals surface area contributed by atoms with Crippen LogP contribution in [0.1, 0.15) is 5.69 Å². The van der Waals surface area contributed by atoms with Crippen LogP contribution >= 0.6 is 0 Å². The Hall–Kier alpha value is -2.70. The number of ether oxygens (including phenoxy) is 1. The summed E-state index contributed by atoms with van der Waals surface area (Å²) in [6.07, 6.45) is 0.540. The third-order valence-corrected chi connectivity index (χ3v) is 2.56. The minimum Gasteiger partial charge on any atom is -0.467 e. The van der Waals surface area contributed by atoms with Gasteiger partial charge in [-0.3, -0.25) is 20.0 Å². The van der Waals surface area contributed by atoms with E-state index < -0.39 is 4.92 Å². The first kappa shape index (κ1) is 12.7. The molecular weight excluding hydrogens is 250 g/mol. The smallest absolute Gasteiger partial charge is 0.293 e. The molecule has 0 aliphatic rings. The first-order valence-electron chi connectivity index (χ1n) is 5.55. The maximum absolute atomic E-state index is 10.5. The number of rotatable bonds is 6. The number of nitro groups is 1. The van der Waals surface area contributed by atoms with Crippen molar-refractivity contribution in [2.45, 2.75) is 6.42 Å². The molecule has 7 nitrogen and oxygen atoms in total. The Labute approximate surface area is 108 Å². The van der Waals surface area contributed by atoms with E-state index in [2.05, 4.69) is 14.9 Å². The lowest BCUT2D eigenvalue weighted by Crippen LogP contribution is -1.96. The molecular formula is C12H11N3O4. The number of aromatic amines is 1. The molecule has 1 heterocycles. The highest BCUT2D eigenvalue weighted by molar-refractivity contribution is 5.61. The normalized spacial score (nSPS) is 10.1. The van der Waals surface area contributed by atoms with Crippen LogP contribution in [0, 0.1) is 10.1 Å². The predicted molar refractivity (Wildman–Crippen MR) is 66.4 cm³/mol. The van der Waals surface area contributed by atoms with Crippen LogP contribution in [0.25, 0.3) is 11.3 Å². The zero-order valence-electron chi connectivity index (χ0n) is 9.91. The average Bonchev–Trinajstić information content (AvgIpc) is 2.88. The fourth-order valence-electron chi connectivity index (χ4n) is 1.61. The standard InChI is InChI=1S/C12H11N3O4/c16-8-19-6-5-10-7-12(14-13-10)9-1-3-11(4-2-9)15(17)18/h1-4,7-8H,5-6H2,(H,13,14). The first-order chi connectivity index (χ1) is 9.20. The summed E-state index contributed by atoms with van der Waals surface area (Å²) in [5.41, 5.74) is 2.34. The van der Waals surface area contributed by atoms with Crippen LogP contribution in [-0.4, -0.2) is 28.2 Å². The van der Waals surface area contributed by atoms with Gasteiger partial charge in [-0.25, -0.2) is 0 Å². The van der Waals surface area contributed by atoms with Crippen molar-refractivity contribution in [1.82, 2.24) is 10.2 Å². The molecule has 0 aliphatic carbocycles. The number of nitro benzene ring substituents is 1. The highest BCUT2D eigenvalue weighted by Crippen LogP contribution is 2.21. The van der Waals surface area contributed by atoms with Gasteiger partial charge in [-0.05, 0) is 18.2 Å². The first-order valence-corrected chi connectivity index (χ1v) is 5.55.